The first kappa shape index (κ1) is 16.6. The Kier molecular flexibility index (Phi) is 5.68. The first-order valence-corrected chi connectivity index (χ1v) is 8.93. The number of hydrogen-bond acceptors (Lipinski definition) is 5. The predicted octanol–water partition coefficient (Wildman–Crippen LogP) is 1.38. The maximum Gasteiger partial charge on any atom is 0.178 e. The Hall–Kier alpha value is -1.73. The number of likely N-dealkylation sites (N-methyl/N-ethyl adjacent to an activating group) is 1. The Morgan fingerprint density at radius 1 is 1.09 bits per heavy atom. The summed E-state index contributed by atoms with van der Waals surface area (Å²) in [5.41, 5.74) is 1.06. The van der Waals surface area contributed by atoms with Crippen LogP contribution in [0.3, 0.4) is 0 Å². The van der Waals surface area contributed by atoms with Crippen LogP contribution in [0.25, 0.3) is 0 Å². The Morgan fingerprint density at radius 3 is 2.36 bits per heavy atom. The van der Waals surface area contributed by atoms with Crippen LogP contribution >= 0.6 is 0 Å². The van der Waals surface area contributed by atoms with Gasteiger partial charge in [0.15, 0.2) is 9.84 Å². The molecular formula is C15H22N4O2S. The summed E-state index contributed by atoms with van der Waals surface area (Å²) in [6.07, 6.45) is 3.97. The van der Waals surface area contributed by atoms with Crippen LogP contribution in [0.2, 0.25) is 0 Å². The van der Waals surface area contributed by atoms with Gasteiger partial charge in [0.25, 0.3) is 0 Å². The van der Waals surface area contributed by atoms with Crippen molar-refractivity contribution < 1.29 is 8.42 Å². The lowest BCUT2D eigenvalue weighted by Crippen LogP contribution is -2.25. The highest BCUT2D eigenvalue weighted by atomic mass is 32.2. The van der Waals surface area contributed by atoms with Gasteiger partial charge in [-0.1, -0.05) is 17.7 Å². The monoisotopic (exact) mass is 322 g/mol. The molecule has 2 rings (SSSR count). The van der Waals surface area contributed by atoms with Crippen LogP contribution in [0.1, 0.15) is 12.0 Å². The molecule has 0 atom stereocenters. The van der Waals surface area contributed by atoms with Gasteiger partial charge >= 0.3 is 0 Å². The molecule has 1 heterocycles. The summed E-state index contributed by atoms with van der Waals surface area (Å²) in [4.78, 5) is 2.52. The van der Waals surface area contributed by atoms with E-state index in [-0.39, 0.29) is 5.75 Å². The molecule has 1 aromatic carbocycles. The summed E-state index contributed by atoms with van der Waals surface area (Å²) < 4.78 is 26.4. The molecule has 0 unspecified atom stereocenters. The van der Waals surface area contributed by atoms with E-state index < -0.39 is 9.84 Å². The van der Waals surface area contributed by atoms with Gasteiger partial charge in [-0.25, -0.2) is 8.42 Å². The highest BCUT2D eigenvalue weighted by Gasteiger charge is 2.14. The van der Waals surface area contributed by atoms with Crippen LogP contribution in [0.5, 0.6) is 0 Å². The van der Waals surface area contributed by atoms with Gasteiger partial charge < -0.3 is 9.47 Å². The van der Waals surface area contributed by atoms with Gasteiger partial charge in [-0.3, -0.25) is 0 Å². The second-order valence-corrected chi connectivity index (χ2v) is 7.60. The number of nitrogens with zero attached hydrogens (tertiary/aromatic N) is 4. The summed E-state index contributed by atoms with van der Waals surface area (Å²) in [6, 6.07) is 7.02. The molecule has 0 aliphatic carbocycles. The lowest BCUT2D eigenvalue weighted by Gasteiger charge is -2.16. The molecule has 0 saturated heterocycles. The first-order valence-electron chi connectivity index (χ1n) is 7.28. The first-order chi connectivity index (χ1) is 10.5. The average molecular weight is 322 g/mol. The van der Waals surface area contributed by atoms with Crippen molar-refractivity contribution in [1.29, 1.82) is 0 Å². The maximum atomic E-state index is 12.2. The Labute approximate surface area is 131 Å². The summed E-state index contributed by atoms with van der Waals surface area (Å²) in [6.45, 7) is 4.32. The van der Waals surface area contributed by atoms with Crippen molar-refractivity contribution in [1.82, 2.24) is 19.7 Å². The second-order valence-electron chi connectivity index (χ2n) is 5.49. The third kappa shape index (κ3) is 4.92. The summed E-state index contributed by atoms with van der Waals surface area (Å²) in [5, 5.41) is 7.50. The molecule has 0 N–H and O–H groups in total. The van der Waals surface area contributed by atoms with Crippen molar-refractivity contribution in [2.45, 2.75) is 24.8 Å². The minimum atomic E-state index is -3.18. The van der Waals surface area contributed by atoms with Crippen LogP contribution in [-0.2, 0) is 16.4 Å². The minimum absolute atomic E-state index is 0.174. The molecule has 0 amide bonds. The van der Waals surface area contributed by atoms with Crippen molar-refractivity contribution >= 4 is 9.84 Å². The van der Waals surface area contributed by atoms with Crippen LogP contribution < -0.4 is 0 Å². The molecule has 0 radical (unpaired) electrons. The van der Waals surface area contributed by atoms with Crippen molar-refractivity contribution in [3.63, 3.8) is 0 Å². The smallest absolute Gasteiger partial charge is 0.178 e. The van der Waals surface area contributed by atoms with E-state index in [9.17, 15) is 8.42 Å². The van der Waals surface area contributed by atoms with E-state index in [1.54, 1.807) is 24.8 Å². The SMILES string of the molecule is Cc1ccc(S(=O)(=O)CCCN(C)CCn2cnnc2)cc1. The topological polar surface area (TPSA) is 68.1 Å². The zero-order valence-corrected chi connectivity index (χ0v) is 13.8. The van der Waals surface area contributed by atoms with Crippen LogP contribution in [0.15, 0.2) is 41.8 Å². The zero-order valence-electron chi connectivity index (χ0n) is 13.0. The molecule has 1 aromatic heterocycles. The third-order valence-electron chi connectivity index (χ3n) is 3.54. The van der Waals surface area contributed by atoms with Crippen LogP contribution in [-0.4, -0.2) is 54.0 Å². The van der Waals surface area contributed by atoms with Gasteiger partial charge in [-0.2, -0.15) is 0 Å². The largest absolute Gasteiger partial charge is 0.319 e. The molecule has 22 heavy (non-hydrogen) atoms. The standard InChI is InChI=1S/C15H22N4O2S/c1-14-4-6-15(7-5-14)22(20,21)11-3-8-18(2)9-10-19-12-16-17-13-19/h4-7,12-13H,3,8-11H2,1-2H3. The molecule has 0 aliphatic heterocycles. The fraction of sp³-hybridized carbons (Fsp3) is 0.467. The number of aryl methyl sites for hydroxylation is 1. The zero-order chi connectivity index (χ0) is 16.0. The van der Waals surface area contributed by atoms with Gasteiger partial charge in [0, 0.05) is 13.1 Å². The number of rotatable bonds is 8. The average Bonchev–Trinajstić information content (AvgIpc) is 2.99. The molecule has 0 fully saturated rings. The van der Waals surface area contributed by atoms with Crippen LogP contribution in [0, 0.1) is 6.92 Å². The third-order valence-corrected chi connectivity index (χ3v) is 5.36. The van der Waals surface area contributed by atoms with E-state index >= 15 is 0 Å². The molecule has 7 heteroatoms. The fourth-order valence-electron chi connectivity index (χ4n) is 2.12. The van der Waals surface area contributed by atoms with Crippen molar-refractivity contribution in [2.24, 2.45) is 0 Å². The molecule has 2 aromatic rings. The second kappa shape index (κ2) is 7.51. The van der Waals surface area contributed by atoms with E-state index in [1.807, 2.05) is 30.7 Å². The van der Waals surface area contributed by atoms with Gasteiger partial charge in [-0.15, -0.1) is 10.2 Å². The molecular weight excluding hydrogens is 300 g/mol. The fourth-order valence-corrected chi connectivity index (χ4v) is 3.42. The van der Waals surface area contributed by atoms with Crippen molar-refractivity contribution in [3.05, 3.63) is 42.5 Å². The molecule has 0 bridgehead atoms. The molecule has 0 aliphatic rings. The molecule has 0 spiro atoms. The van der Waals surface area contributed by atoms with Gasteiger partial charge in [-0.05, 0) is 39.1 Å². The molecule has 0 saturated carbocycles. The predicted molar refractivity (Wildman–Crippen MR) is 85.4 cm³/mol. The summed E-state index contributed by atoms with van der Waals surface area (Å²) in [5.74, 6) is 0.174. The number of hydrogen-bond donors (Lipinski definition) is 0. The number of sulfone groups is 1. The van der Waals surface area contributed by atoms with Gasteiger partial charge in [0.05, 0.1) is 10.6 Å². The quantitative estimate of drug-likeness (QED) is 0.734. The van der Waals surface area contributed by atoms with Gasteiger partial charge in [0.1, 0.15) is 12.7 Å². The number of aromatic nitrogens is 3. The van der Waals surface area contributed by atoms with Gasteiger partial charge in [0.2, 0.25) is 0 Å². The van der Waals surface area contributed by atoms with Crippen LogP contribution in [0.4, 0.5) is 0 Å². The Morgan fingerprint density at radius 2 is 1.73 bits per heavy atom. The minimum Gasteiger partial charge on any atom is -0.319 e. The highest BCUT2D eigenvalue weighted by molar-refractivity contribution is 7.91. The Balaban J connectivity index is 1.76. The van der Waals surface area contributed by atoms with E-state index in [0.29, 0.717) is 11.3 Å². The normalized spacial score (nSPS) is 12.0. The van der Waals surface area contributed by atoms with E-state index in [1.165, 1.54) is 0 Å². The maximum absolute atomic E-state index is 12.2. The summed E-state index contributed by atoms with van der Waals surface area (Å²) in [7, 11) is -1.19. The highest BCUT2D eigenvalue weighted by Crippen LogP contribution is 2.13. The van der Waals surface area contributed by atoms with E-state index in [4.69, 9.17) is 0 Å². The van der Waals surface area contributed by atoms with E-state index in [2.05, 4.69) is 15.1 Å². The molecule has 6 nitrogen and oxygen atoms in total. The van der Waals surface area contributed by atoms with Crippen molar-refractivity contribution in [3.8, 4) is 0 Å². The number of benzene rings is 1. The molecule has 120 valence electrons. The lowest BCUT2D eigenvalue weighted by atomic mass is 10.2. The Bertz CT molecular complexity index is 666. The lowest BCUT2D eigenvalue weighted by molar-refractivity contribution is 0.319. The summed E-state index contributed by atoms with van der Waals surface area (Å²) >= 11 is 0. The van der Waals surface area contributed by atoms with E-state index in [0.717, 1.165) is 25.2 Å². The van der Waals surface area contributed by atoms with Crippen molar-refractivity contribution in [2.75, 3.05) is 25.9 Å².